The maximum Gasteiger partial charge on any atom is 0.320 e. The van der Waals surface area contributed by atoms with E-state index in [1.54, 1.807) is 0 Å². The van der Waals surface area contributed by atoms with E-state index < -0.39 is 0 Å². The van der Waals surface area contributed by atoms with Crippen LogP contribution in [0.1, 0.15) is 19.3 Å². The summed E-state index contributed by atoms with van der Waals surface area (Å²) in [5.41, 5.74) is 5.75. The second-order valence-electron chi connectivity index (χ2n) is 3.97. The third-order valence-corrected chi connectivity index (χ3v) is 2.87. The van der Waals surface area contributed by atoms with E-state index in [2.05, 4.69) is 0 Å². The van der Waals surface area contributed by atoms with Gasteiger partial charge in [0.1, 0.15) is 0 Å². The first-order chi connectivity index (χ1) is 6.27. The van der Waals surface area contributed by atoms with Crippen LogP contribution < -0.4 is 5.73 Å². The predicted molar refractivity (Wildman–Crippen MR) is 50.4 cm³/mol. The van der Waals surface area contributed by atoms with Crippen LogP contribution in [0.3, 0.4) is 0 Å². The van der Waals surface area contributed by atoms with Gasteiger partial charge in [0, 0.05) is 32.2 Å². The fourth-order valence-electron chi connectivity index (χ4n) is 2.07. The minimum absolute atomic E-state index is 0.199. The van der Waals surface area contributed by atoms with Gasteiger partial charge in [0.2, 0.25) is 0 Å². The first-order valence-corrected chi connectivity index (χ1v) is 5.07. The van der Waals surface area contributed by atoms with Crippen LogP contribution in [-0.4, -0.2) is 48.1 Å². The van der Waals surface area contributed by atoms with Gasteiger partial charge in [0.25, 0.3) is 0 Å². The number of nitrogens with two attached hydrogens (primary N) is 1. The van der Waals surface area contributed by atoms with Crippen molar-refractivity contribution in [2.45, 2.75) is 25.3 Å². The van der Waals surface area contributed by atoms with Gasteiger partial charge in [-0.25, -0.2) is 4.79 Å². The molecule has 0 unspecified atom stereocenters. The van der Waals surface area contributed by atoms with Crippen LogP contribution in [0.5, 0.6) is 0 Å². The van der Waals surface area contributed by atoms with Crippen LogP contribution in [0, 0.1) is 0 Å². The molecule has 0 aromatic heterocycles. The molecule has 4 nitrogen and oxygen atoms in total. The fourth-order valence-corrected chi connectivity index (χ4v) is 2.07. The van der Waals surface area contributed by atoms with E-state index in [9.17, 15) is 4.79 Å². The van der Waals surface area contributed by atoms with Crippen molar-refractivity contribution in [3.05, 3.63) is 0 Å². The highest BCUT2D eigenvalue weighted by Crippen LogP contribution is 2.14. The number of hydrogen-bond acceptors (Lipinski definition) is 2. The van der Waals surface area contributed by atoms with Crippen molar-refractivity contribution < 1.29 is 4.79 Å². The van der Waals surface area contributed by atoms with Crippen molar-refractivity contribution in [2.24, 2.45) is 5.73 Å². The number of amides is 2. The lowest BCUT2D eigenvalue weighted by Crippen LogP contribution is -2.41. The number of hydrogen-bond donors (Lipinski definition) is 1. The molecule has 4 heteroatoms. The third-order valence-electron chi connectivity index (χ3n) is 2.87. The lowest BCUT2D eigenvalue weighted by molar-refractivity contribution is 0.172. The summed E-state index contributed by atoms with van der Waals surface area (Å²) in [5, 5.41) is 0. The second-order valence-corrected chi connectivity index (χ2v) is 3.97. The minimum Gasteiger partial charge on any atom is -0.326 e. The van der Waals surface area contributed by atoms with E-state index in [1.807, 2.05) is 9.80 Å². The van der Waals surface area contributed by atoms with Crippen LogP contribution in [0.4, 0.5) is 4.79 Å². The molecule has 2 heterocycles. The Hall–Kier alpha value is -0.770. The van der Waals surface area contributed by atoms with Gasteiger partial charge in [-0.1, -0.05) is 0 Å². The Morgan fingerprint density at radius 3 is 2.38 bits per heavy atom. The smallest absolute Gasteiger partial charge is 0.320 e. The van der Waals surface area contributed by atoms with E-state index in [-0.39, 0.29) is 12.1 Å². The maximum absolute atomic E-state index is 11.8. The van der Waals surface area contributed by atoms with Gasteiger partial charge in [0.15, 0.2) is 0 Å². The van der Waals surface area contributed by atoms with E-state index in [0.29, 0.717) is 0 Å². The Kier molecular flexibility index (Phi) is 2.40. The normalized spacial score (nSPS) is 28.5. The Bertz CT molecular complexity index is 201. The van der Waals surface area contributed by atoms with Crippen molar-refractivity contribution in [3.8, 4) is 0 Å². The minimum atomic E-state index is 0.199. The number of carbonyl (C=O) groups excluding carboxylic acids is 1. The van der Waals surface area contributed by atoms with Crippen molar-refractivity contribution in [2.75, 3.05) is 26.2 Å². The molecule has 0 saturated carbocycles. The highest BCUT2D eigenvalue weighted by atomic mass is 16.2. The summed E-state index contributed by atoms with van der Waals surface area (Å²) in [6.45, 7) is 3.46. The molecule has 13 heavy (non-hydrogen) atoms. The predicted octanol–water partition coefficient (Wildman–Crippen LogP) is 0.235. The topological polar surface area (TPSA) is 49.6 Å². The standard InChI is InChI=1S/C9H17N3O/c10-8-3-6-12(7-8)9(13)11-4-1-2-5-11/h8H,1-7,10H2/t8-/m1/s1. The average Bonchev–Trinajstić information content (AvgIpc) is 2.72. The van der Waals surface area contributed by atoms with E-state index in [1.165, 1.54) is 0 Å². The van der Waals surface area contributed by atoms with Gasteiger partial charge in [-0.3, -0.25) is 0 Å². The first-order valence-electron chi connectivity index (χ1n) is 5.07. The monoisotopic (exact) mass is 183 g/mol. The fraction of sp³-hybridized carbons (Fsp3) is 0.889. The van der Waals surface area contributed by atoms with Gasteiger partial charge in [-0.05, 0) is 19.3 Å². The molecular formula is C9H17N3O. The maximum atomic E-state index is 11.8. The lowest BCUT2D eigenvalue weighted by atomic mass is 10.3. The molecule has 2 fully saturated rings. The Labute approximate surface area is 78.7 Å². The molecule has 2 saturated heterocycles. The molecule has 2 amide bonds. The average molecular weight is 183 g/mol. The number of urea groups is 1. The molecule has 0 bridgehead atoms. The molecule has 74 valence electrons. The van der Waals surface area contributed by atoms with E-state index in [0.717, 1.165) is 45.4 Å². The summed E-state index contributed by atoms with van der Waals surface area (Å²) < 4.78 is 0. The summed E-state index contributed by atoms with van der Waals surface area (Å²) in [4.78, 5) is 15.6. The van der Waals surface area contributed by atoms with Crippen LogP contribution in [0.15, 0.2) is 0 Å². The van der Waals surface area contributed by atoms with Gasteiger partial charge in [-0.2, -0.15) is 0 Å². The van der Waals surface area contributed by atoms with Gasteiger partial charge >= 0.3 is 6.03 Å². The summed E-state index contributed by atoms with van der Waals surface area (Å²) >= 11 is 0. The number of likely N-dealkylation sites (tertiary alicyclic amines) is 2. The summed E-state index contributed by atoms with van der Waals surface area (Å²) in [6.07, 6.45) is 3.27. The van der Waals surface area contributed by atoms with Crippen LogP contribution >= 0.6 is 0 Å². The van der Waals surface area contributed by atoms with Gasteiger partial charge in [0.05, 0.1) is 0 Å². The molecule has 1 atom stereocenters. The molecule has 2 aliphatic rings. The molecule has 0 radical (unpaired) electrons. The number of rotatable bonds is 0. The van der Waals surface area contributed by atoms with Gasteiger partial charge < -0.3 is 15.5 Å². The SMILES string of the molecule is N[C@@H]1CCN(C(=O)N2CCCC2)C1. The zero-order valence-corrected chi connectivity index (χ0v) is 7.91. The highest BCUT2D eigenvalue weighted by molar-refractivity contribution is 5.75. The van der Waals surface area contributed by atoms with Crippen molar-refractivity contribution in [1.82, 2.24) is 9.80 Å². The molecule has 2 rings (SSSR count). The summed E-state index contributed by atoms with van der Waals surface area (Å²) in [5.74, 6) is 0. The van der Waals surface area contributed by atoms with E-state index >= 15 is 0 Å². The van der Waals surface area contributed by atoms with Crippen molar-refractivity contribution in [3.63, 3.8) is 0 Å². The molecule has 2 N–H and O–H groups in total. The zero-order valence-electron chi connectivity index (χ0n) is 7.91. The lowest BCUT2D eigenvalue weighted by Gasteiger charge is -2.23. The summed E-state index contributed by atoms with van der Waals surface area (Å²) in [7, 11) is 0. The molecular weight excluding hydrogens is 166 g/mol. The Morgan fingerprint density at radius 2 is 1.85 bits per heavy atom. The van der Waals surface area contributed by atoms with E-state index in [4.69, 9.17) is 5.73 Å². The first kappa shape index (κ1) is 8.81. The quantitative estimate of drug-likeness (QED) is 0.584. The van der Waals surface area contributed by atoms with Crippen molar-refractivity contribution in [1.29, 1.82) is 0 Å². The van der Waals surface area contributed by atoms with Crippen molar-refractivity contribution >= 4 is 6.03 Å². The van der Waals surface area contributed by atoms with Gasteiger partial charge in [-0.15, -0.1) is 0 Å². The zero-order chi connectivity index (χ0) is 9.26. The van der Waals surface area contributed by atoms with Crippen LogP contribution in [0.25, 0.3) is 0 Å². The molecule has 2 aliphatic heterocycles. The number of nitrogens with zero attached hydrogens (tertiary/aromatic N) is 2. The second kappa shape index (κ2) is 3.54. The van der Waals surface area contributed by atoms with Crippen LogP contribution in [-0.2, 0) is 0 Å². The molecule has 0 aromatic carbocycles. The Balaban J connectivity index is 1.89. The largest absolute Gasteiger partial charge is 0.326 e. The third kappa shape index (κ3) is 1.77. The molecule has 0 spiro atoms. The molecule has 0 aromatic rings. The molecule has 0 aliphatic carbocycles. The highest BCUT2D eigenvalue weighted by Gasteiger charge is 2.28. The number of carbonyl (C=O) groups is 1. The Morgan fingerprint density at radius 1 is 1.15 bits per heavy atom. The van der Waals surface area contributed by atoms with Crippen LogP contribution in [0.2, 0.25) is 0 Å². The summed E-state index contributed by atoms with van der Waals surface area (Å²) in [6, 6.07) is 0.400.